The number of ether oxygens (including phenoxy) is 1. The van der Waals surface area contributed by atoms with Crippen LogP contribution in [0.4, 0.5) is 13.2 Å². The average Bonchev–Trinajstić information content (AvgIpc) is 2.56. The fourth-order valence-corrected chi connectivity index (χ4v) is 3.08. The molecule has 0 aliphatic carbocycles. The highest BCUT2D eigenvalue weighted by Crippen LogP contribution is 2.30. The highest BCUT2D eigenvalue weighted by atomic mass is 19.4. The van der Waals surface area contributed by atoms with E-state index >= 15 is 0 Å². The number of hydrogen-bond donors (Lipinski definition) is 1. The van der Waals surface area contributed by atoms with Crippen LogP contribution in [0.15, 0.2) is 42.5 Å². The zero-order valence-corrected chi connectivity index (χ0v) is 14.8. The minimum atomic E-state index is -4.37. The molecule has 1 N–H and O–H groups in total. The van der Waals surface area contributed by atoms with Gasteiger partial charge in [-0.3, -0.25) is 9.69 Å². The lowest BCUT2D eigenvalue weighted by atomic mass is 9.99. The van der Waals surface area contributed by atoms with Crippen molar-refractivity contribution in [3.8, 4) is 5.75 Å². The van der Waals surface area contributed by atoms with E-state index in [0.717, 1.165) is 23.3 Å². The van der Waals surface area contributed by atoms with E-state index in [1.54, 1.807) is 12.1 Å². The predicted molar refractivity (Wildman–Crippen MR) is 93.4 cm³/mol. The first-order valence-electron chi connectivity index (χ1n) is 8.56. The molecule has 1 heterocycles. The maximum atomic E-state index is 12.8. The van der Waals surface area contributed by atoms with Crippen molar-refractivity contribution in [1.29, 1.82) is 0 Å². The summed E-state index contributed by atoms with van der Waals surface area (Å²) in [5.41, 5.74) is 1.69. The average molecular weight is 379 g/mol. The number of carboxylic acids is 1. The molecule has 1 fully saturated rings. The number of aryl methyl sites for hydroxylation is 1. The van der Waals surface area contributed by atoms with Gasteiger partial charge in [-0.15, -0.1) is 0 Å². The molecule has 2 aromatic carbocycles. The predicted octanol–water partition coefficient (Wildman–Crippen LogP) is 4.11. The van der Waals surface area contributed by atoms with Gasteiger partial charge in [-0.25, -0.2) is 0 Å². The Morgan fingerprint density at radius 1 is 1.19 bits per heavy atom. The van der Waals surface area contributed by atoms with Gasteiger partial charge in [0.2, 0.25) is 0 Å². The van der Waals surface area contributed by atoms with Crippen LogP contribution in [-0.2, 0) is 24.1 Å². The van der Waals surface area contributed by atoms with Crippen LogP contribution in [-0.4, -0.2) is 29.1 Å². The van der Waals surface area contributed by atoms with Crippen molar-refractivity contribution in [1.82, 2.24) is 4.90 Å². The summed E-state index contributed by atoms with van der Waals surface area (Å²) in [6.45, 7) is 3.68. The zero-order chi connectivity index (χ0) is 19.6. The SMILES string of the molecule is Cc1cc(CN2CC(C(=O)O)C2)ccc1OCc1cccc(C(F)(F)F)c1. The van der Waals surface area contributed by atoms with E-state index in [1.165, 1.54) is 6.07 Å². The second kappa shape index (κ2) is 7.60. The fourth-order valence-electron chi connectivity index (χ4n) is 3.08. The van der Waals surface area contributed by atoms with E-state index < -0.39 is 17.7 Å². The summed E-state index contributed by atoms with van der Waals surface area (Å²) in [5, 5.41) is 8.91. The number of carboxylic acid groups (broad SMARTS) is 1. The normalized spacial score (nSPS) is 15.4. The molecule has 0 radical (unpaired) electrons. The largest absolute Gasteiger partial charge is 0.489 e. The Morgan fingerprint density at radius 3 is 2.56 bits per heavy atom. The van der Waals surface area contributed by atoms with E-state index in [9.17, 15) is 18.0 Å². The zero-order valence-electron chi connectivity index (χ0n) is 14.8. The Bertz CT molecular complexity index is 829. The van der Waals surface area contributed by atoms with Crippen LogP contribution < -0.4 is 4.74 Å². The molecular formula is C20H20F3NO3. The molecule has 0 bridgehead atoms. The van der Waals surface area contributed by atoms with Gasteiger partial charge in [0, 0.05) is 19.6 Å². The lowest BCUT2D eigenvalue weighted by Crippen LogP contribution is -2.49. The summed E-state index contributed by atoms with van der Waals surface area (Å²) >= 11 is 0. The van der Waals surface area contributed by atoms with Gasteiger partial charge < -0.3 is 9.84 Å². The van der Waals surface area contributed by atoms with Crippen molar-refractivity contribution in [3.05, 3.63) is 64.7 Å². The number of benzene rings is 2. The maximum Gasteiger partial charge on any atom is 0.416 e. The number of hydrogen-bond acceptors (Lipinski definition) is 3. The molecule has 0 unspecified atom stereocenters. The van der Waals surface area contributed by atoms with Gasteiger partial charge in [-0.05, 0) is 41.8 Å². The molecule has 0 spiro atoms. The highest BCUT2D eigenvalue weighted by Gasteiger charge is 2.32. The van der Waals surface area contributed by atoms with E-state index in [4.69, 9.17) is 9.84 Å². The van der Waals surface area contributed by atoms with Crippen LogP contribution in [0, 0.1) is 12.8 Å². The summed E-state index contributed by atoms with van der Waals surface area (Å²) in [5.74, 6) is -0.440. The van der Waals surface area contributed by atoms with Crippen LogP contribution >= 0.6 is 0 Å². The Kier molecular flexibility index (Phi) is 5.41. The van der Waals surface area contributed by atoms with E-state index in [1.807, 2.05) is 19.1 Å². The molecule has 0 amide bonds. The first-order chi connectivity index (χ1) is 12.7. The number of likely N-dealkylation sites (tertiary alicyclic amines) is 1. The van der Waals surface area contributed by atoms with Gasteiger partial charge in [0.05, 0.1) is 11.5 Å². The Morgan fingerprint density at radius 2 is 1.93 bits per heavy atom. The molecular weight excluding hydrogens is 359 g/mol. The number of rotatable bonds is 6. The van der Waals surface area contributed by atoms with Crippen LogP contribution in [0.3, 0.4) is 0 Å². The third-order valence-electron chi connectivity index (χ3n) is 4.60. The molecule has 27 heavy (non-hydrogen) atoms. The molecule has 3 rings (SSSR count). The molecule has 0 atom stereocenters. The molecule has 4 nitrogen and oxygen atoms in total. The number of aliphatic carboxylic acids is 1. The summed E-state index contributed by atoms with van der Waals surface area (Å²) < 4.78 is 44.0. The number of alkyl halides is 3. The second-order valence-electron chi connectivity index (χ2n) is 6.82. The molecule has 1 aliphatic heterocycles. The molecule has 2 aromatic rings. The van der Waals surface area contributed by atoms with Crippen molar-refractivity contribution in [3.63, 3.8) is 0 Å². The van der Waals surface area contributed by atoms with Gasteiger partial charge in [0.1, 0.15) is 12.4 Å². The van der Waals surface area contributed by atoms with Gasteiger partial charge in [0.25, 0.3) is 0 Å². The van der Waals surface area contributed by atoms with E-state index in [-0.39, 0.29) is 12.5 Å². The number of carbonyl (C=O) groups is 1. The third-order valence-corrected chi connectivity index (χ3v) is 4.60. The first-order valence-corrected chi connectivity index (χ1v) is 8.56. The second-order valence-corrected chi connectivity index (χ2v) is 6.82. The Hall–Kier alpha value is -2.54. The van der Waals surface area contributed by atoms with Gasteiger partial charge >= 0.3 is 12.1 Å². The maximum absolute atomic E-state index is 12.8. The molecule has 144 valence electrons. The molecule has 0 aromatic heterocycles. The minimum Gasteiger partial charge on any atom is -0.489 e. The van der Waals surface area contributed by atoms with Crippen LogP contribution in [0.25, 0.3) is 0 Å². The van der Waals surface area contributed by atoms with Crippen LogP contribution in [0.2, 0.25) is 0 Å². The topological polar surface area (TPSA) is 49.8 Å². The van der Waals surface area contributed by atoms with Crippen molar-refractivity contribution < 1.29 is 27.8 Å². The van der Waals surface area contributed by atoms with Crippen LogP contribution in [0.1, 0.15) is 22.3 Å². The third kappa shape index (κ3) is 4.80. The molecule has 1 aliphatic rings. The smallest absolute Gasteiger partial charge is 0.416 e. The monoisotopic (exact) mass is 379 g/mol. The van der Waals surface area contributed by atoms with Gasteiger partial charge in [0.15, 0.2) is 0 Å². The van der Waals surface area contributed by atoms with Crippen LogP contribution in [0.5, 0.6) is 5.75 Å². The molecule has 0 saturated carbocycles. The number of nitrogens with zero attached hydrogens (tertiary/aromatic N) is 1. The summed E-state index contributed by atoms with van der Waals surface area (Å²) in [4.78, 5) is 12.9. The quantitative estimate of drug-likeness (QED) is 0.821. The Balaban J connectivity index is 1.58. The van der Waals surface area contributed by atoms with Crippen molar-refractivity contribution in [2.24, 2.45) is 5.92 Å². The van der Waals surface area contributed by atoms with Crippen molar-refractivity contribution in [2.75, 3.05) is 13.1 Å². The lowest BCUT2D eigenvalue weighted by molar-refractivity contribution is -0.147. The molecule has 1 saturated heterocycles. The standard InChI is InChI=1S/C20H20F3NO3/c1-13-7-14(9-24-10-16(11-24)19(25)26)5-6-18(13)27-12-15-3-2-4-17(8-15)20(21,22)23/h2-8,16H,9-12H2,1H3,(H,25,26). The van der Waals surface area contributed by atoms with Gasteiger partial charge in [-0.2, -0.15) is 13.2 Å². The van der Waals surface area contributed by atoms with Gasteiger partial charge in [-0.1, -0.05) is 24.3 Å². The van der Waals surface area contributed by atoms with E-state index in [2.05, 4.69) is 4.90 Å². The summed E-state index contributed by atoms with van der Waals surface area (Å²) in [7, 11) is 0. The summed E-state index contributed by atoms with van der Waals surface area (Å²) in [6.07, 6.45) is -4.37. The first kappa shape index (κ1) is 19.2. The van der Waals surface area contributed by atoms with E-state index in [0.29, 0.717) is 30.9 Å². The minimum absolute atomic E-state index is 0.0521. The van der Waals surface area contributed by atoms with Crippen molar-refractivity contribution in [2.45, 2.75) is 26.3 Å². The lowest BCUT2D eigenvalue weighted by Gasteiger charge is -2.36. The molecule has 7 heteroatoms. The summed E-state index contributed by atoms with van der Waals surface area (Å²) in [6, 6.07) is 10.7. The fraction of sp³-hybridized carbons (Fsp3) is 0.350. The van der Waals surface area contributed by atoms with Crippen molar-refractivity contribution >= 4 is 5.97 Å². The number of halogens is 3. The highest BCUT2D eigenvalue weighted by molar-refractivity contribution is 5.71. The Labute approximate surface area is 155 Å².